The van der Waals surface area contributed by atoms with Crippen LogP contribution in [0.3, 0.4) is 0 Å². The van der Waals surface area contributed by atoms with Crippen molar-refractivity contribution in [3.63, 3.8) is 0 Å². The molecule has 0 aromatic heterocycles. The maximum Gasteiger partial charge on any atom is 0.118 e. The summed E-state index contributed by atoms with van der Waals surface area (Å²) < 4.78 is 0. The van der Waals surface area contributed by atoms with Crippen LogP contribution in [0, 0.1) is 20.8 Å². The van der Waals surface area contributed by atoms with E-state index in [1.54, 1.807) is 18.2 Å². The lowest BCUT2D eigenvalue weighted by molar-refractivity contribution is 0.469. The van der Waals surface area contributed by atoms with Gasteiger partial charge < -0.3 is 15.3 Å². The van der Waals surface area contributed by atoms with Crippen molar-refractivity contribution in [1.82, 2.24) is 0 Å². The van der Waals surface area contributed by atoms with Crippen LogP contribution in [0.15, 0.2) is 54.6 Å². The number of unbranched alkanes of at least 4 members (excludes halogenated alkanes) is 4. The smallest absolute Gasteiger partial charge is 0.118 e. The van der Waals surface area contributed by atoms with E-state index in [0.29, 0.717) is 17.2 Å². The zero-order valence-electron chi connectivity index (χ0n) is 26.8. The number of aromatic hydroxyl groups is 3. The summed E-state index contributed by atoms with van der Waals surface area (Å²) in [6, 6.07) is 17.2. The van der Waals surface area contributed by atoms with Crippen molar-refractivity contribution in [2.75, 3.05) is 0 Å². The van der Waals surface area contributed by atoms with E-state index >= 15 is 0 Å². The summed E-state index contributed by atoms with van der Waals surface area (Å²) in [5.74, 6) is 1.26. The Balaban J connectivity index is 0.000000534. The van der Waals surface area contributed by atoms with Gasteiger partial charge in [-0.25, -0.2) is 0 Å². The standard InChI is InChI=1S/3C11H16O.C4H10/c3*1-3-4-6-10-7-5-8-11(12)9(10)2;1-3-4-2/h3*5,7-8,12H,3-4,6H2,1-2H3;3-4H2,1-2H3. The SMILES string of the molecule is CCCC.CCCCc1cccc(O)c1C.CCCCc1cccc(O)c1C.CCCCc1cccc(O)c1C. The van der Waals surface area contributed by atoms with Crippen molar-refractivity contribution >= 4 is 0 Å². The minimum absolute atomic E-state index is 0.420. The molecule has 0 saturated heterocycles. The van der Waals surface area contributed by atoms with Gasteiger partial charge in [0.25, 0.3) is 0 Å². The molecule has 3 aromatic rings. The van der Waals surface area contributed by atoms with Gasteiger partial charge in [-0.1, -0.05) is 103 Å². The minimum atomic E-state index is 0.420. The second kappa shape index (κ2) is 22.8. The number of hydrogen-bond donors (Lipinski definition) is 3. The predicted octanol–water partition coefficient (Wildman–Crippen LogP) is 10.9. The summed E-state index contributed by atoms with van der Waals surface area (Å²) in [6.45, 7) is 16.8. The Morgan fingerprint density at radius 2 is 0.650 bits per heavy atom. The Bertz CT molecular complexity index is 921. The summed E-state index contributed by atoms with van der Waals surface area (Å²) in [5.41, 5.74) is 6.92. The molecule has 0 spiro atoms. The summed E-state index contributed by atoms with van der Waals surface area (Å²) in [4.78, 5) is 0. The quantitative estimate of drug-likeness (QED) is 0.235. The van der Waals surface area contributed by atoms with Crippen molar-refractivity contribution in [1.29, 1.82) is 0 Å². The zero-order valence-corrected chi connectivity index (χ0v) is 26.8. The third-order valence-corrected chi connectivity index (χ3v) is 7.15. The van der Waals surface area contributed by atoms with Gasteiger partial charge in [0.2, 0.25) is 0 Å². The molecule has 3 aromatic carbocycles. The van der Waals surface area contributed by atoms with Crippen LogP contribution in [0.25, 0.3) is 0 Å². The highest BCUT2D eigenvalue weighted by Gasteiger charge is 2.02. The lowest BCUT2D eigenvalue weighted by Crippen LogP contribution is -1.88. The second-order valence-electron chi connectivity index (χ2n) is 10.5. The summed E-state index contributed by atoms with van der Waals surface area (Å²) in [7, 11) is 0. The molecule has 0 atom stereocenters. The lowest BCUT2D eigenvalue weighted by Gasteiger charge is -2.05. The Morgan fingerprint density at radius 3 is 0.850 bits per heavy atom. The van der Waals surface area contributed by atoms with E-state index in [-0.39, 0.29) is 0 Å². The Hall–Kier alpha value is -2.94. The highest BCUT2D eigenvalue weighted by Crippen LogP contribution is 2.22. The minimum Gasteiger partial charge on any atom is -0.508 e. The van der Waals surface area contributed by atoms with Crippen molar-refractivity contribution in [2.45, 2.75) is 126 Å². The highest BCUT2D eigenvalue weighted by molar-refractivity contribution is 5.39. The van der Waals surface area contributed by atoms with Crippen LogP contribution in [-0.4, -0.2) is 15.3 Å². The number of phenols is 3. The Labute approximate surface area is 246 Å². The first-order chi connectivity index (χ1) is 19.2. The molecule has 0 heterocycles. The molecule has 3 nitrogen and oxygen atoms in total. The van der Waals surface area contributed by atoms with E-state index in [9.17, 15) is 15.3 Å². The summed E-state index contributed by atoms with van der Waals surface area (Å²) in [6.07, 6.45) is 13.1. The van der Waals surface area contributed by atoms with Gasteiger partial charge in [-0.05, 0) is 111 Å². The van der Waals surface area contributed by atoms with Crippen molar-refractivity contribution < 1.29 is 15.3 Å². The molecule has 0 radical (unpaired) electrons. The Kier molecular flexibility index (Phi) is 21.2. The number of rotatable bonds is 10. The number of benzene rings is 3. The molecule has 0 bridgehead atoms. The molecule has 0 unspecified atom stereocenters. The monoisotopic (exact) mass is 550 g/mol. The molecule has 0 aliphatic carbocycles. The van der Waals surface area contributed by atoms with Crippen LogP contribution in [0.5, 0.6) is 17.2 Å². The largest absolute Gasteiger partial charge is 0.508 e. The molecule has 40 heavy (non-hydrogen) atoms. The van der Waals surface area contributed by atoms with Gasteiger partial charge in [-0.2, -0.15) is 0 Å². The van der Waals surface area contributed by atoms with E-state index in [0.717, 1.165) is 36.0 Å². The van der Waals surface area contributed by atoms with Crippen LogP contribution in [0.4, 0.5) is 0 Å². The van der Waals surface area contributed by atoms with Gasteiger partial charge >= 0.3 is 0 Å². The molecule has 3 N–H and O–H groups in total. The van der Waals surface area contributed by atoms with E-state index in [2.05, 4.69) is 52.8 Å². The van der Waals surface area contributed by atoms with Crippen LogP contribution in [-0.2, 0) is 19.3 Å². The lowest BCUT2D eigenvalue weighted by atomic mass is 10.0. The first-order valence-corrected chi connectivity index (χ1v) is 15.5. The van der Waals surface area contributed by atoms with E-state index < -0.39 is 0 Å². The van der Waals surface area contributed by atoms with Gasteiger partial charge in [0.05, 0.1) is 0 Å². The fraction of sp³-hybridized carbons (Fsp3) is 0.514. The van der Waals surface area contributed by atoms with Crippen LogP contribution in [0.2, 0.25) is 0 Å². The van der Waals surface area contributed by atoms with Crippen LogP contribution in [0.1, 0.15) is 119 Å². The normalized spacial score (nSPS) is 9.90. The number of phenolic OH excluding ortho intramolecular Hbond substituents is 3. The zero-order chi connectivity index (χ0) is 30.3. The molecule has 0 amide bonds. The summed E-state index contributed by atoms with van der Waals surface area (Å²) in [5, 5.41) is 28.2. The summed E-state index contributed by atoms with van der Waals surface area (Å²) >= 11 is 0. The van der Waals surface area contributed by atoms with E-state index in [4.69, 9.17) is 0 Å². The molecule has 0 aliphatic rings. The first-order valence-electron chi connectivity index (χ1n) is 15.5. The molecular weight excluding hydrogens is 492 g/mol. The van der Waals surface area contributed by atoms with Crippen LogP contribution < -0.4 is 0 Å². The fourth-order valence-electron chi connectivity index (χ4n) is 3.92. The van der Waals surface area contributed by atoms with Crippen molar-refractivity contribution in [3.05, 3.63) is 88.0 Å². The Morgan fingerprint density at radius 1 is 0.400 bits per heavy atom. The van der Waals surface area contributed by atoms with Gasteiger partial charge in [0.1, 0.15) is 17.2 Å². The highest BCUT2D eigenvalue weighted by atomic mass is 16.3. The second-order valence-corrected chi connectivity index (χ2v) is 10.5. The molecule has 3 heteroatoms. The van der Waals surface area contributed by atoms with Gasteiger partial charge in [0, 0.05) is 0 Å². The fourth-order valence-corrected chi connectivity index (χ4v) is 3.92. The maximum absolute atomic E-state index is 9.40. The molecule has 0 fully saturated rings. The third-order valence-electron chi connectivity index (χ3n) is 7.15. The van der Waals surface area contributed by atoms with Crippen molar-refractivity contribution in [3.8, 4) is 17.2 Å². The average Bonchev–Trinajstić information content (AvgIpc) is 2.96. The molecule has 0 aliphatic heterocycles. The van der Waals surface area contributed by atoms with Gasteiger partial charge in [-0.15, -0.1) is 0 Å². The topological polar surface area (TPSA) is 60.7 Å². The number of hydrogen-bond acceptors (Lipinski definition) is 3. The van der Waals surface area contributed by atoms with Crippen molar-refractivity contribution in [2.24, 2.45) is 0 Å². The molecule has 0 saturated carbocycles. The first kappa shape index (κ1) is 37.1. The third kappa shape index (κ3) is 15.0. The van der Waals surface area contributed by atoms with E-state index in [1.807, 2.05) is 39.0 Å². The number of aryl methyl sites for hydroxylation is 3. The molecule has 3 rings (SSSR count). The average molecular weight is 551 g/mol. The van der Waals surface area contributed by atoms with E-state index in [1.165, 1.54) is 68.1 Å². The van der Waals surface area contributed by atoms with Crippen LogP contribution >= 0.6 is 0 Å². The van der Waals surface area contributed by atoms with Gasteiger partial charge in [0.15, 0.2) is 0 Å². The molecular formula is C37H58O3. The molecule has 224 valence electrons. The van der Waals surface area contributed by atoms with Gasteiger partial charge in [-0.3, -0.25) is 0 Å². The predicted molar refractivity (Wildman–Crippen MR) is 175 cm³/mol. The maximum atomic E-state index is 9.40.